The molecular formula is C19H26N2O5. The van der Waals surface area contributed by atoms with Crippen LogP contribution in [0.5, 0.6) is 0 Å². The van der Waals surface area contributed by atoms with Crippen LogP contribution in [0.2, 0.25) is 0 Å². The Morgan fingerprint density at radius 3 is 2.50 bits per heavy atom. The van der Waals surface area contributed by atoms with Gasteiger partial charge in [-0.05, 0) is 39.2 Å². The molecule has 1 heterocycles. The number of nitrogens with zero attached hydrogens (tertiary/aromatic N) is 1. The number of carbonyl (C=O) groups excluding carboxylic acids is 2. The van der Waals surface area contributed by atoms with Gasteiger partial charge in [0.05, 0.1) is 0 Å². The second-order valence-electron chi connectivity index (χ2n) is 7.60. The largest absolute Gasteiger partial charge is 0.480 e. The zero-order valence-electron chi connectivity index (χ0n) is 15.4. The highest BCUT2D eigenvalue weighted by Crippen LogP contribution is 2.27. The van der Waals surface area contributed by atoms with Crippen molar-refractivity contribution < 1.29 is 24.2 Å². The molecule has 1 aromatic carbocycles. The van der Waals surface area contributed by atoms with E-state index in [1.54, 1.807) is 20.8 Å². The van der Waals surface area contributed by atoms with Gasteiger partial charge in [-0.3, -0.25) is 9.59 Å². The summed E-state index contributed by atoms with van der Waals surface area (Å²) in [6.45, 7) is 5.21. The van der Waals surface area contributed by atoms with Gasteiger partial charge in [-0.15, -0.1) is 0 Å². The van der Waals surface area contributed by atoms with Crippen LogP contribution < -0.4 is 5.32 Å². The number of ether oxygens (including phenoxy) is 1. The molecule has 1 aliphatic heterocycles. The molecule has 1 aromatic rings. The molecule has 1 aliphatic rings. The monoisotopic (exact) mass is 362 g/mol. The van der Waals surface area contributed by atoms with Gasteiger partial charge in [0.2, 0.25) is 5.91 Å². The molecule has 2 N–H and O–H groups in total. The third-order valence-electron chi connectivity index (χ3n) is 4.14. The molecule has 1 unspecified atom stereocenters. The van der Waals surface area contributed by atoms with E-state index in [0.29, 0.717) is 19.4 Å². The molecular weight excluding hydrogens is 336 g/mol. The lowest BCUT2D eigenvalue weighted by Crippen LogP contribution is -2.64. The second-order valence-corrected chi connectivity index (χ2v) is 7.60. The van der Waals surface area contributed by atoms with E-state index in [9.17, 15) is 14.4 Å². The third kappa shape index (κ3) is 5.21. The Morgan fingerprint density at radius 2 is 1.92 bits per heavy atom. The minimum atomic E-state index is -1.21. The van der Waals surface area contributed by atoms with E-state index in [0.717, 1.165) is 5.56 Å². The summed E-state index contributed by atoms with van der Waals surface area (Å²) in [5.41, 5.74) is -1.03. The fourth-order valence-corrected chi connectivity index (χ4v) is 3.16. The van der Waals surface area contributed by atoms with Crippen LogP contribution in [0.3, 0.4) is 0 Å². The van der Waals surface area contributed by atoms with Gasteiger partial charge in [0, 0.05) is 13.0 Å². The topological polar surface area (TPSA) is 95.9 Å². The Balaban J connectivity index is 2.29. The molecule has 0 aromatic heterocycles. The Kier molecular flexibility index (Phi) is 5.90. The summed E-state index contributed by atoms with van der Waals surface area (Å²) < 4.78 is 5.33. The van der Waals surface area contributed by atoms with Crippen molar-refractivity contribution in [3.63, 3.8) is 0 Å². The molecule has 0 radical (unpaired) electrons. The fourth-order valence-electron chi connectivity index (χ4n) is 3.16. The van der Waals surface area contributed by atoms with Crippen LogP contribution in [0.15, 0.2) is 30.3 Å². The van der Waals surface area contributed by atoms with Crippen molar-refractivity contribution in [3.8, 4) is 0 Å². The summed E-state index contributed by atoms with van der Waals surface area (Å²) in [4.78, 5) is 37.8. The number of carbonyl (C=O) groups is 3. The Bertz CT molecular complexity index is 668. The van der Waals surface area contributed by atoms with Gasteiger partial charge in [0.15, 0.2) is 0 Å². The molecule has 2 rings (SSSR count). The number of nitrogens with one attached hydrogen (secondary N) is 1. The highest BCUT2D eigenvalue weighted by molar-refractivity contribution is 5.92. The van der Waals surface area contributed by atoms with Crippen LogP contribution in [0, 0.1) is 0 Å². The lowest BCUT2D eigenvalue weighted by Gasteiger charge is -2.42. The number of aliphatic carboxylic acids is 1. The van der Waals surface area contributed by atoms with E-state index < -0.39 is 23.2 Å². The number of piperidine rings is 1. The van der Waals surface area contributed by atoms with Gasteiger partial charge in [-0.2, -0.15) is 0 Å². The summed E-state index contributed by atoms with van der Waals surface area (Å²) in [5, 5.41) is 11.8. The zero-order chi connectivity index (χ0) is 19.4. The molecule has 0 spiro atoms. The molecule has 0 bridgehead atoms. The van der Waals surface area contributed by atoms with Crippen molar-refractivity contribution in [1.29, 1.82) is 0 Å². The molecule has 2 amide bonds. The normalized spacial score (nSPS) is 20.6. The molecule has 26 heavy (non-hydrogen) atoms. The first-order valence-electron chi connectivity index (χ1n) is 8.68. The molecule has 0 aliphatic carbocycles. The van der Waals surface area contributed by atoms with Gasteiger partial charge in [-0.1, -0.05) is 30.3 Å². The molecule has 7 heteroatoms. The van der Waals surface area contributed by atoms with Crippen LogP contribution in [0.25, 0.3) is 0 Å². The van der Waals surface area contributed by atoms with E-state index in [2.05, 4.69) is 5.32 Å². The summed E-state index contributed by atoms with van der Waals surface area (Å²) in [6, 6.07) is 9.35. The maximum Gasteiger partial charge on any atom is 0.408 e. The smallest absolute Gasteiger partial charge is 0.408 e. The van der Waals surface area contributed by atoms with Gasteiger partial charge in [0.1, 0.15) is 17.7 Å². The maximum absolute atomic E-state index is 13.1. The first kappa shape index (κ1) is 19.8. The lowest BCUT2D eigenvalue weighted by atomic mass is 9.82. The van der Waals surface area contributed by atoms with E-state index in [1.165, 1.54) is 4.90 Å². The quantitative estimate of drug-likeness (QED) is 0.837. The number of rotatable bonds is 5. The Hall–Kier alpha value is -2.57. The van der Waals surface area contributed by atoms with E-state index in [4.69, 9.17) is 9.84 Å². The van der Waals surface area contributed by atoms with E-state index in [1.807, 2.05) is 30.3 Å². The van der Waals surface area contributed by atoms with Crippen molar-refractivity contribution in [2.24, 2.45) is 0 Å². The van der Waals surface area contributed by atoms with Gasteiger partial charge < -0.3 is 20.1 Å². The van der Waals surface area contributed by atoms with Crippen molar-refractivity contribution in [3.05, 3.63) is 35.9 Å². The minimum Gasteiger partial charge on any atom is -0.480 e. The number of alkyl carbamates (subject to hydrolysis) is 1. The molecule has 0 saturated carbocycles. The molecule has 142 valence electrons. The maximum atomic E-state index is 13.1. The minimum absolute atomic E-state index is 0.280. The first-order chi connectivity index (χ1) is 12.1. The van der Waals surface area contributed by atoms with Crippen LogP contribution in [-0.4, -0.2) is 52.2 Å². The van der Waals surface area contributed by atoms with Gasteiger partial charge >= 0.3 is 12.1 Å². The predicted octanol–water partition coefficient (Wildman–Crippen LogP) is 2.20. The predicted molar refractivity (Wildman–Crippen MR) is 95.7 cm³/mol. The average Bonchev–Trinajstić information content (AvgIpc) is 2.50. The highest BCUT2D eigenvalue weighted by Gasteiger charge is 2.46. The number of carboxylic acid groups (broad SMARTS) is 1. The van der Waals surface area contributed by atoms with Crippen molar-refractivity contribution >= 4 is 18.0 Å². The Labute approximate surface area is 153 Å². The third-order valence-corrected chi connectivity index (χ3v) is 4.14. The summed E-state index contributed by atoms with van der Waals surface area (Å²) in [7, 11) is 0. The van der Waals surface area contributed by atoms with E-state index >= 15 is 0 Å². The number of hydrogen-bond donors (Lipinski definition) is 2. The molecule has 7 nitrogen and oxygen atoms in total. The number of hydrogen-bond acceptors (Lipinski definition) is 4. The van der Waals surface area contributed by atoms with Crippen molar-refractivity contribution in [1.82, 2.24) is 10.2 Å². The highest BCUT2D eigenvalue weighted by atomic mass is 16.6. The van der Waals surface area contributed by atoms with Gasteiger partial charge in [0.25, 0.3) is 0 Å². The van der Waals surface area contributed by atoms with Gasteiger partial charge in [-0.25, -0.2) is 4.79 Å². The molecule has 1 saturated heterocycles. The second kappa shape index (κ2) is 7.76. The summed E-state index contributed by atoms with van der Waals surface area (Å²) in [5.74, 6) is -1.47. The lowest BCUT2D eigenvalue weighted by molar-refractivity contribution is -0.150. The molecule has 1 atom stereocenters. The van der Waals surface area contributed by atoms with Crippen molar-refractivity contribution in [2.75, 3.05) is 13.1 Å². The standard InChI is InChI=1S/C19H26N2O5/c1-18(2,3)26-17(25)20-19(12-14-8-5-4-6-9-14)10-7-11-21(16(19)24)13-15(22)23/h4-6,8-9H,7,10-13H2,1-3H3,(H,20,25)(H,22,23). The molecule has 1 fully saturated rings. The number of benzene rings is 1. The SMILES string of the molecule is CC(C)(C)OC(=O)NC1(Cc2ccccc2)CCCN(CC(=O)O)C1=O. The fraction of sp³-hybridized carbons (Fsp3) is 0.526. The van der Waals surface area contributed by atoms with Crippen LogP contribution in [0.4, 0.5) is 4.79 Å². The Morgan fingerprint density at radius 1 is 1.27 bits per heavy atom. The first-order valence-corrected chi connectivity index (χ1v) is 8.68. The number of amides is 2. The average molecular weight is 362 g/mol. The zero-order valence-corrected chi connectivity index (χ0v) is 15.4. The summed E-state index contributed by atoms with van der Waals surface area (Å²) >= 11 is 0. The number of carboxylic acids is 1. The van der Waals surface area contributed by atoms with Crippen LogP contribution in [0.1, 0.15) is 39.2 Å². The van der Waals surface area contributed by atoms with Crippen LogP contribution in [-0.2, 0) is 20.7 Å². The van der Waals surface area contributed by atoms with Crippen LogP contribution >= 0.6 is 0 Å². The van der Waals surface area contributed by atoms with Crippen molar-refractivity contribution in [2.45, 2.75) is 51.2 Å². The summed E-state index contributed by atoms with van der Waals surface area (Å²) in [6.07, 6.45) is 0.624. The number of likely N-dealkylation sites (tertiary alicyclic amines) is 1. The van der Waals surface area contributed by atoms with E-state index in [-0.39, 0.29) is 18.9 Å².